The van der Waals surface area contributed by atoms with Crippen LogP contribution in [0.25, 0.3) is 22.0 Å². The minimum absolute atomic E-state index is 0.215. The lowest BCUT2D eigenvalue weighted by Crippen LogP contribution is -2.18. The van der Waals surface area contributed by atoms with Gasteiger partial charge in [-0.1, -0.05) is 42.5 Å². The molecule has 1 fully saturated rings. The lowest BCUT2D eigenvalue weighted by Gasteiger charge is -2.15. The van der Waals surface area contributed by atoms with Crippen LogP contribution in [-0.2, 0) is 6.54 Å². The molecule has 0 bridgehead atoms. The molecule has 0 atom stereocenters. The van der Waals surface area contributed by atoms with Crippen LogP contribution in [0.2, 0.25) is 0 Å². The van der Waals surface area contributed by atoms with Crippen molar-refractivity contribution in [1.29, 1.82) is 0 Å². The second kappa shape index (κ2) is 8.13. The third kappa shape index (κ3) is 3.84. The van der Waals surface area contributed by atoms with Crippen molar-refractivity contribution in [2.24, 2.45) is 0 Å². The van der Waals surface area contributed by atoms with Gasteiger partial charge in [0.1, 0.15) is 0 Å². The predicted molar refractivity (Wildman–Crippen MR) is 120 cm³/mol. The first-order valence-electron chi connectivity index (χ1n) is 10.4. The van der Waals surface area contributed by atoms with Crippen LogP contribution in [0.4, 0.5) is 5.69 Å². The molecular weight excluding hydrogens is 372 g/mol. The average Bonchev–Trinajstić information content (AvgIpc) is 3.44. The fraction of sp³-hybridized carbons (Fsp3) is 0.200. The van der Waals surface area contributed by atoms with Gasteiger partial charge in [-0.3, -0.25) is 14.8 Å². The molecule has 1 saturated heterocycles. The van der Waals surface area contributed by atoms with Gasteiger partial charge < -0.3 is 5.32 Å². The number of aromatic amines is 1. The van der Waals surface area contributed by atoms with Crippen LogP contribution in [-0.4, -0.2) is 34.1 Å². The fourth-order valence-corrected chi connectivity index (χ4v) is 4.13. The van der Waals surface area contributed by atoms with Gasteiger partial charge in [-0.05, 0) is 73.0 Å². The van der Waals surface area contributed by atoms with E-state index in [1.807, 2.05) is 42.5 Å². The molecule has 4 aromatic rings. The first-order valence-corrected chi connectivity index (χ1v) is 10.4. The van der Waals surface area contributed by atoms with Crippen LogP contribution >= 0.6 is 0 Å². The Labute approximate surface area is 175 Å². The van der Waals surface area contributed by atoms with Crippen molar-refractivity contribution < 1.29 is 4.79 Å². The van der Waals surface area contributed by atoms with Crippen molar-refractivity contribution in [3.8, 4) is 11.1 Å². The normalized spacial score (nSPS) is 14.3. The zero-order valence-corrected chi connectivity index (χ0v) is 16.8. The van der Waals surface area contributed by atoms with Crippen molar-refractivity contribution in [3.63, 3.8) is 0 Å². The molecule has 3 aromatic carbocycles. The van der Waals surface area contributed by atoms with Crippen molar-refractivity contribution >= 4 is 22.5 Å². The zero-order valence-electron chi connectivity index (χ0n) is 16.8. The number of carbonyl (C=O) groups excluding carboxylic acids is 1. The second-order valence-corrected chi connectivity index (χ2v) is 7.84. The molecule has 5 heteroatoms. The van der Waals surface area contributed by atoms with E-state index in [1.54, 1.807) is 0 Å². The van der Waals surface area contributed by atoms with Crippen molar-refractivity contribution in [3.05, 3.63) is 84.1 Å². The largest absolute Gasteiger partial charge is 0.321 e. The van der Waals surface area contributed by atoms with Gasteiger partial charge in [0.15, 0.2) is 5.69 Å². The Bertz CT molecular complexity index is 1180. The minimum Gasteiger partial charge on any atom is -0.321 e. The molecular formula is C25H24N4O. The van der Waals surface area contributed by atoms with E-state index >= 15 is 0 Å². The molecule has 0 aliphatic carbocycles. The molecule has 0 unspecified atom stereocenters. The molecule has 0 spiro atoms. The molecule has 0 radical (unpaired) electrons. The van der Waals surface area contributed by atoms with Crippen LogP contribution < -0.4 is 5.32 Å². The van der Waals surface area contributed by atoms with Gasteiger partial charge in [0.05, 0.1) is 5.52 Å². The Balaban J connectivity index is 1.43. The van der Waals surface area contributed by atoms with E-state index in [2.05, 4.69) is 50.7 Å². The number of aromatic nitrogens is 2. The third-order valence-electron chi connectivity index (χ3n) is 5.67. The average molecular weight is 396 g/mol. The summed E-state index contributed by atoms with van der Waals surface area (Å²) in [5.41, 5.74) is 5.58. The van der Waals surface area contributed by atoms with E-state index in [4.69, 9.17) is 0 Å². The topological polar surface area (TPSA) is 61.0 Å². The number of carbonyl (C=O) groups is 1. The maximum absolute atomic E-state index is 12.8. The zero-order chi connectivity index (χ0) is 20.3. The number of nitrogens with zero attached hydrogens (tertiary/aromatic N) is 2. The molecule has 1 aromatic heterocycles. The number of hydrogen-bond acceptors (Lipinski definition) is 3. The number of nitrogens with one attached hydrogen (secondary N) is 2. The molecule has 5 rings (SSSR count). The summed E-state index contributed by atoms with van der Waals surface area (Å²) < 4.78 is 0. The van der Waals surface area contributed by atoms with Gasteiger partial charge in [-0.15, -0.1) is 0 Å². The standard InChI is InChI=1S/C25H24N4O/c30-25(26-21-9-2-1-3-10-21)24-22-16-20(11-12-23(22)27-28-24)19-8-6-7-18(15-19)17-29-13-4-5-14-29/h1-3,6-12,15-16H,4-5,13-14,17H2,(H,26,30)(H,27,28). The summed E-state index contributed by atoms with van der Waals surface area (Å²) in [6, 6.07) is 24.2. The summed E-state index contributed by atoms with van der Waals surface area (Å²) in [6.07, 6.45) is 2.59. The van der Waals surface area contributed by atoms with Crippen molar-refractivity contribution in [1.82, 2.24) is 15.1 Å². The highest BCUT2D eigenvalue weighted by molar-refractivity contribution is 6.11. The summed E-state index contributed by atoms with van der Waals surface area (Å²) in [5, 5.41) is 11.0. The Kier molecular flexibility index (Phi) is 5.03. The summed E-state index contributed by atoms with van der Waals surface area (Å²) in [6.45, 7) is 3.36. The first kappa shape index (κ1) is 18.6. The van der Waals surface area contributed by atoms with Crippen molar-refractivity contribution in [2.75, 3.05) is 18.4 Å². The van der Waals surface area contributed by atoms with Gasteiger partial charge in [0.25, 0.3) is 5.91 Å². The number of likely N-dealkylation sites (tertiary alicyclic amines) is 1. The summed E-state index contributed by atoms with van der Waals surface area (Å²) >= 11 is 0. The van der Waals surface area contributed by atoms with Crippen LogP contribution in [0.5, 0.6) is 0 Å². The Morgan fingerprint density at radius 3 is 2.57 bits per heavy atom. The number of benzene rings is 3. The molecule has 30 heavy (non-hydrogen) atoms. The van der Waals surface area contributed by atoms with Crippen LogP contribution in [0.1, 0.15) is 28.9 Å². The number of amides is 1. The molecule has 5 nitrogen and oxygen atoms in total. The quantitative estimate of drug-likeness (QED) is 0.495. The minimum atomic E-state index is -0.215. The van der Waals surface area contributed by atoms with Gasteiger partial charge >= 0.3 is 0 Å². The van der Waals surface area contributed by atoms with Gasteiger partial charge in [0.2, 0.25) is 0 Å². The maximum Gasteiger partial charge on any atom is 0.276 e. The highest BCUT2D eigenvalue weighted by Gasteiger charge is 2.16. The molecule has 1 amide bonds. The molecule has 2 N–H and O–H groups in total. The first-order chi connectivity index (χ1) is 14.8. The SMILES string of the molecule is O=C(Nc1ccccc1)c1n[nH]c2ccc(-c3cccc(CN4CCCC4)c3)cc12. The van der Waals surface area contributed by atoms with Gasteiger partial charge in [-0.25, -0.2) is 0 Å². The fourth-order valence-electron chi connectivity index (χ4n) is 4.13. The van der Waals surface area contributed by atoms with Crippen molar-refractivity contribution in [2.45, 2.75) is 19.4 Å². The summed E-state index contributed by atoms with van der Waals surface area (Å²) in [4.78, 5) is 15.3. The lowest BCUT2D eigenvalue weighted by atomic mass is 10.0. The molecule has 1 aliphatic rings. The smallest absolute Gasteiger partial charge is 0.276 e. The molecule has 1 aliphatic heterocycles. The van der Waals surface area contributed by atoms with Crippen LogP contribution in [0.15, 0.2) is 72.8 Å². The Morgan fingerprint density at radius 2 is 1.73 bits per heavy atom. The number of fused-ring (bicyclic) bond motifs is 1. The lowest BCUT2D eigenvalue weighted by molar-refractivity contribution is 0.102. The third-order valence-corrected chi connectivity index (χ3v) is 5.67. The summed E-state index contributed by atoms with van der Waals surface area (Å²) in [5.74, 6) is -0.215. The van der Waals surface area contributed by atoms with E-state index in [-0.39, 0.29) is 5.91 Å². The van der Waals surface area contributed by atoms with E-state index in [1.165, 1.54) is 31.5 Å². The second-order valence-electron chi connectivity index (χ2n) is 7.84. The number of anilines is 1. The van der Waals surface area contributed by atoms with E-state index in [9.17, 15) is 4.79 Å². The monoisotopic (exact) mass is 396 g/mol. The number of para-hydroxylation sites is 1. The molecule has 0 saturated carbocycles. The van der Waals surface area contributed by atoms with E-state index < -0.39 is 0 Å². The molecule has 150 valence electrons. The van der Waals surface area contributed by atoms with Gasteiger partial charge in [0, 0.05) is 17.6 Å². The van der Waals surface area contributed by atoms with E-state index in [0.29, 0.717) is 5.69 Å². The maximum atomic E-state index is 12.8. The number of H-pyrrole nitrogens is 1. The number of hydrogen-bond donors (Lipinski definition) is 2. The Hall–Kier alpha value is -3.44. The molecule has 2 heterocycles. The van der Waals surface area contributed by atoms with Gasteiger partial charge in [-0.2, -0.15) is 5.10 Å². The highest BCUT2D eigenvalue weighted by Crippen LogP contribution is 2.27. The van der Waals surface area contributed by atoms with E-state index in [0.717, 1.165) is 34.3 Å². The number of rotatable bonds is 5. The van der Waals surface area contributed by atoms with Crippen LogP contribution in [0.3, 0.4) is 0 Å². The summed E-state index contributed by atoms with van der Waals surface area (Å²) in [7, 11) is 0. The predicted octanol–water partition coefficient (Wildman–Crippen LogP) is 5.08. The highest BCUT2D eigenvalue weighted by atomic mass is 16.1. The Morgan fingerprint density at radius 1 is 0.933 bits per heavy atom. The van der Waals surface area contributed by atoms with Crippen LogP contribution in [0, 0.1) is 0 Å².